The van der Waals surface area contributed by atoms with Crippen molar-refractivity contribution in [3.8, 4) is 11.3 Å². The molecule has 1 N–H and O–H groups in total. The molecule has 4 rings (SSSR count). The van der Waals surface area contributed by atoms with Crippen molar-refractivity contribution in [3.05, 3.63) is 106 Å². The molecule has 5 heteroatoms. The summed E-state index contributed by atoms with van der Waals surface area (Å²) in [6.07, 6.45) is 0. The number of amides is 1. The summed E-state index contributed by atoms with van der Waals surface area (Å²) in [5.74, 6) is -0.509. The van der Waals surface area contributed by atoms with Crippen LogP contribution in [0.15, 0.2) is 84.9 Å². The van der Waals surface area contributed by atoms with Gasteiger partial charge in [-0.05, 0) is 30.2 Å². The van der Waals surface area contributed by atoms with Crippen LogP contribution in [0.2, 0.25) is 5.02 Å². The Morgan fingerprint density at radius 1 is 0.931 bits per heavy atom. The van der Waals surface area contributed by atoms with Gasteiger partial charge in [-0.15, -0.1) is 11.3 Å². The average molecular weight is 419 g/mol. The van der Waals surface area contributed by atoms with E-state index >= 15 is 0 Å². The maximum atomic E-state index is 13.3. The van der Waals surface area contributed by atoms with E-state index in [2.05, 4.69) is 10.3 Å². The molecule has 3 nitrogen and oxygen atoms in total. The van der Waals surface area contributed by atoms with Crippen molar-refractivity contribution in [2.45, 2.75) is 12.8 Å². The minimum Gasteiger partial charge on any atom is -0.301 e. The van der Waals surface area contributed by atoms with Gasteiger partial charge in [0, 0.05) is 15.5 Å². The van der Waals surface area contributed by atoms with E-state index in [1.54, 1.807) is 0 Å². The van der Waals surface area contributed by atoms with Crippen molar-refractivity contribution in [2.24, 2.45) is 0 Å². The summed E-state index contributed by atoms with van der Waals surface area (Å²) in [5.41, 5.74) is 3.66. The molecule has 0 unspecified atom stereocenters. The second kappa shape index (κ2) is 8.60. The van der Waals surface area contributed by atoms with E-state index in [1.165, 1.54) is 11.3 Å². The molecule has 0 aliphatic rings. The van der Waals surface area contributed by atoms with Gasteiger partial charge in [-0.1, -0.05) is 84.4 Å². The van der Waals surface area contributed by atoms with Gasteiger partial charge in [0.2, 0.25) is 5.91 Å². The number of nitrogens with one attached hydrogen (secondary N) is 1. The van der Waals surface area contributed by atoms with Crippen LogP contribution in [0.1, 0.15) is 21.9 Å². The van der Waals surface area contributed by atoms with Gasteiger partial charge in [0.1, 0.15) is 0 Å². The lowest BCUT2D eigenvalue weighted by molar-refractivity contribution is -0.116. The third kappa shape index (κ3) is 4.39. The third-order valence-corrected chi connectivity index (χ3v) is 5.77. The second-order valence-electron chi connectivity index (χ2n) is 6.68. The van der Waals surface area contributed by atoms with E-state index in [9.17, 15) is 4.79 Å². The molecule has 4 aromatic rings. The molecule has 0 aliphatic carbocycles. The molecule has 1 heterocycles. The minimum atomic E-state index is -0.406. The second-order valence-corrected chi connectivity index (χ2v) is 8.32. The lowest BCUT2D eigenvalue weighted by Crippen LogP contribution is -2.22. The standard InChI is InChI=1S/C24H19ClN2OS/c1-16-22(19-13-8-14-20(25)15-19)26-24(29-16)27-23(28)21(17-9-4-2-5-10-17)18-11-6-3-7-12-18/h2-15,21H,1H3,(H,26,27,28). The maximum Gasteiger partial charge on any atom is 0.238 e. The largest absolute Gasteiger partial charge is 0.301 e. The quantitative estimate of drug-likeness (QED) is 0.399. The lowest BCUT2D eigenvalue weighted by atomic mass is 9.90. The Morgan fingerprint density at radius 3 is 2.14 bits per heavy atom. The Morgan fingerprint density at radius 2 is 1.55 bits per heavy atom. The Kier molecular flexibility index (Phi) is 5.74. The molecule has 29 heavy (non-hydrogen) atoms. The minimum absolute atomic E-state index is 0.103. The van der Waals surface area contributed by atoms with Crippen LogP contribution in [0, 0.1) is 6.92 Å². The Hall–Kier alpha value is -2.95. The molecule has 1 amide bonds. The highest BCUT2D eigenvalue weighted by Crippen LogP contribution is 2.33. The highest BCUT2D eigenvalue weighted by molar-refractivity contribution is 7.16. The molecule has 3 aromatic carbocycles. The normalized spacial score (nSPS) is 10.9. The van der Waals surface area contributed by atoms with Crippen LogP contribution in [-0.2, 0) is 4.79 Å². The summed E-state index contributed by atoms with van der Waals surface area (Å²) in [5, 5.41) is 4.26. The van der Waals surface area contributed by atoms with Crippen LogP contribution in [0.3, 0.4) is 0 Å². The van der Waals surface area contributed by atoms with E-state index in [0.717, 1.165) is 27.3 Å². The van der Waals surface area contributed by atoms with Gasteiger partial charge in [-0.3, -0.25) is 4.79 Å². The zero-order valence-electron chi connectivity index (χ0n) is 15.8. The number of carbonyl (C=O) groups is 1. The van der Waals surface area contributed by atoms with Crippen LogP contribution < -0.4 is 5.32 Å². The summed E-state index contributed by atoms with van der Waals surface area (Å²) in [6, 6.07) is 27.2. The fourth-order valence-corrected chi connectivity index (χ4v) is 4.35. The van der Waals surface area contributed by atoms with E-state index in [0.29, 0.717) is 10.2 Å². The molecule has 0 atom stereocenters. The third-order valence-electron chi connectivity index (χ3n) is 4.65. The first-order valence-corrected chi connectivity index (χ1v) is 10.5. The fourth-order valence-electron chi connectivity index (χ4n) is 3.32. The highest BCUT2D eigenvalue weighted by atomic mass is 35.5. The van der Waals surface area contributed by atoms with Crippen LogP contribution in [-0.4, -0.2) is 10.9 Å². The summed E-state index contributed by atoms with van der Waals surface area (Å²) >= 11 is 7.59. The number of anilines is 1. The van der Waals surface area contributed by atoms with E-state index < -0.39 is 5.92 Å². The Balaban J connectivity index is 1.64. The molecule has 0 aliphatic heterocycles. The molecule has 0 radical (unpaired) electrons. The monoisotopic (exact) mass is 418 g/mol. The first-order valence-electron chi connectivity index (χ1n) is 9.26. The molecule has 0 bridgehead atoms. The first-order chi connectivity index (χ1) is 14.1. The number of halogens is 1. The average Bonchev–Trinajstić information content (AvgIpc) is 3.10. The predicted molar refractivity (Wildman–Crippen MR) is 121 cm³/mol. The van der Waals surface area contributed by atoms with Crippen molar-refractivity contribution in [1.29, 1.82) is 0 Å². The predicted octanol–water partition coefficient (Wildman–Crippen LogP) is 6.54. The molecular weight excluding hydrogens is 400 g/mol. The van der Waals surface area contributed by atoms with E-state index in [4.69, 9.17) is 11.6 Å². The van der Waals surface area contributed by atoms with E-state index in [-0.39, 0.29) is 5.91 Å². The number of aromatic nitrogens is 1. The molecular formula is C24H19ClN2OS. The van der Waals surface area contributed by atoms with Gasteiger partial charge >= 0.3 is 0 Å². The number of thiazole rings is 1. The Bertz CT molecular complexity index is 1090. The summed E-state index contributed by atoms with van der Waals surface area (Å²) in [6.45, 7) is 2.00. The zero-order valence-corrected chi connectivity index (χ0v) is 17.4. The van der Waals surface area contributed by atoms with E-state index in [1.807, 2.05) is 91.9 Å². The molecule has 0 fully saturated rings. The fraction of sp³-hybridized carbons (Fsp3) is 0.0833. The lowest BCUT2D eigenvalue weighted by Gasteiger charge is -2.17. The number of hydrogen-bond donors (Lipinski definition) is 1. The molecule has 1 aromatic heterocycles. The molecule has 0 spiro atoms. The van der Waals surface area contributed by atoms with Crippen molar-refractivity contribution < 1.29 is 4.79 Å². The van der Waals surface area contributed by atoms with Crippen LogP contribution in [0.25, 0.3) is 11.3 Å². The van der Waals surface area contributed by atoms with Crippen LogP contribution >= 0.6 is 22.9 Å². The Labute approximate surface area is 179 Å². The maximum absolute atomic E-state index is 13.3. The van der Waals surface area contributed by atoms with Gasteiger partial charge in [0.15, 0.2) is 5.13 Å². The number of benzene rings is 3. The topological polar surface area (TPSA) is 42.0 Å². The van der Waals surface area contributed by atoms with Crippen LogP contribution in [0.4, 0.5) is 5.13 Å². The highest BCUT2D eigenvalue weighted by Gasteiger charge is 2.24. The smallest absolute Gasteiger partial charge is 0.238 e. The summed E-state index contributed by atoms with van der Waals surface area (Å²) < 4.78 is 0. The molecule has 0 saturated heterocycles. The number of nitrogens with zero attached hydrogens (tertiary/aromatic N) is 1. The number of rotatable bonds is 5. The summed E-state index contributed by atoms with van der Waals surface area (Å²) in [7, 11) is 0. The van der Waals surface area contributed by atoms with Gasteiger partial charge in [-0.2, -0.15) is 0 Å². The van der Waals surface area contributed by atoms with Gasteiger partial charge < -0.3 is 5.32 Å². The van der Waals surface area contributed by atoms with Crippen LogP contribution in [0.5, 0.6) is 0 Å². The number of hydrogen-bond acceptors (Lipinski definition) is 3. The van der Waals surface area contributed by atoms with Gasteiger partial charge in [-0.25, -0.2) is 4.98 Å². The molecule has 0 saturated carbocycles. The number of aryl methyl sites for hydroxylation is 1. The SMILES string of the molecule is Cc1sc(NC(=O)C(c2ccccc2)c2ccccc2)nc1-c1cccc(Cl)c1. The first kappa shape index (κ1) is 19.4. The summed E-state index contributed by atoms with van der Waals surface area (Å²) in [4.78, 5) is 18.9. The number of carbonyl (C=O) groups excluding carboxylic acids is 1. The van der Waals surface area contributed by atoms with Crippen molar-refractivity contribution in [3.63, 3.8) is 0 Å². The van der Waals surface area contributed by atoms with Crippen molar-refractivity contribution in [2.75, 3.05) is 5.32 Å². The van der Waals surface area contributed by atoms with Gasteiger partial charge in [0.05, 0.1) is 11.6 Å². The van der Waals surface area contributed by atoms with Gasteiger partial charge in [0.25, 0.3) is 0 Å². The zero-order chi connectivity index (χ0) is 20.2. The van der Waals surface area contributed by atoms with Crippen molar-refractivity contribution >= 4 is 34.0 Å². The van der Waals surface area contributed by atoms with Crippen molar-refractivity contribution in [1.82, 2.24) is 4.98 Å². The molecule has 144 valence electrons.